The van der Waals surface area contributed by atoms with Crippen molar-refractivity contribution < 1.29 is 13.6 Å². The first-order chi connectivity index (χ1) is 14.5. The van der Waals surface area contributed by atoms with Gasteiger partial charge in [-0.05, 0) is 73.7 Å². The summed E-state index contributed by atoms with van der Waals surface area (Å²) in [5.41, 5.74) is 3.86. The van der Waals surface area contributed by atoms with Crippen LogP contribution in [0.25, 0.3) is 11.8 Å². The Balaban J connectivity index is 1.54. The molecule has 0 amide bonds. The van der Waals surface area contributed by atoms with E-state index >= 15 is 0 Å². The van der Waals surface area contributed by atoms with Crippen LogP contribution < -0.4 is 0 Å². The number of halogens is 2. The molecule has 2 aliphatic rings. The van der Waals surface area contributed by atoms with E-state index in [9.17, 15) is 13.6 Å². The molecular formula is C25H22F2N2O. The third-order valence-electron chi connectivity index (χ3n) is 6.72. The molecule has 0 unspecified atom stereocenters. The normalized spacial score (nSPS) is 22.8. The molecule has 0 radical (unpaired) electrons. The number of carbonyl (C=O) groups is 1. The zero-order chi connectivity index (χ0) is 20.9. The van der Waals surface area contributed by atoms with Crippen LogP contribution in [0, 0.1) is 23.0 Å². The van der Waals surface area contributed by atoms with Gasteiger partial charge in [0.15, 0.2) is 5.78 Å². The molecule has 2 atom stereocenters. The van der Waals surface area contributed by atoms with Crippen LogP contribution in [0.3, 0.4) is 0 Å². The fourth-order valence-corrected chi connectivity index (χ4v) is 5.10. The molecule has 152 valence electrons. The van der Waals surface area contributed by atoms with E-state index < -0.39 is 5.82 Å². The van der Waals surface area contributed by atoms with Crippen molar-refractivity contribution in [1.82, 2.24) is 9.78 Å². The van der Waals surface area contributed by atoms with Gasteiger partial charge in [0.2, 0.25) is 0 Å². The molecule has 30 heavy (non-hydrogen) atoms. The Morgan fingerprint density at radius 3 is 2.67 bits per heavy atom. The summed E-state index contributed by atoms with van der Waals surface area (Å²) in [5.74, 6) is -1.12. The summed E-state index contributed by atoms with van der Waals surface area (Å²) in [6.45, 7) is 2.12. The van der Waals surface area contributed by atoms with E-state index in [-0.39, 0.29) is 28.5 Å². The van der Waals surface area contributed by atoms with Crippen LogP contribution in [-0.2, 0) is 6.42 Å². The second-order valence-corrected chi connectivity index (χ2v) is 8.50. The Labute approximate surface area is 174 Å². The lowest BCUT2D eigenvalue weighted by molar-refractivity contribution is 0.0758. The van der Waals surface area contributed by atoms with E-state index in [2.05, 4.69) is 18.1 Å². The van der Waals surface area contributed by atoms with Gasteiger partial charge in [-0.25, -0.2) is 13.5 Å². The first kappa shape index (κ1) is 18.9. The Kier molecular flexibility index (Phi) is 4.42. The van der Waals surface area contributed by atoms with Crippen molar-refractivity contribution in [3.8, 4) is 5.69 Å². The molecule has 1 aromatic heterocycles. The standard InChI is InChI=1S/C25H22F2N2O/c1-25-14-16-15-28-29(19-11-9-18(26)10-12-19)23(16)13-17(25)5-4-7-21(25)24(30)20-6-2-3-8-22(20)27/h2-3,6,8-13,15,21H,4-5,7,14H2,1H3/t21-,25+/m1/s1. The van der Waals surface area contributed by atoms with Crippen molar-refractivity contribution in [2.75, 3.05) is 0 Å². The lowest BCUT2D eigenvalue weighted by atomic mass is 9.58. The largest absolute Gasteiger partial charge is 0.294 e. The molecule has 1 heterocycles. The number of benzene rings is 2. The number of hydrogen-bond acceptors (Lipinski definition) is 2. The molecular weight excluding hydrogens is 382 g/mol. The number of hydrogen-bond donors (Lipinski definition) is 0. The van der Waals surface area contributed by atoms with E-state index in [0.717, 1.165) is 36.2 Å². The molecule has 0 bridgehead atoms. The smallest absolute Gasteiger partial charge is 0.169 e. The molecule has 0 spiro atoms. The zero-order valence-electron chi connectivity index (χ0n) is 16.7. The predicted molar refractivity (Wildman–Crippen MR) is 111 cm³/mol. The van der Waals surface area contributed by atoms with Crippen molar-refractivity contribution in [2.45, 2.75) is 32.6 Å². The summed E-state index contributed by atoms with van der Waals surface area (Å²) in [7, 11) is 0. The van der Waals surface area contributed by atoms with Gasteiger partial charge in [0.05, 0.1) is 23.1 Å². The van der Waals surface area contributed by atoms with E-state index in [1.54, 1.807) is 30.3 Å². The quantitative estimate of drug-likeness (QED) is 0.519. The number of nitrogens with zero attached hydrogens (tertiary/aromatic N) is 2. The van der Waals surface area contributed by atoms with Crippen molar-refractivity contribution in [2.24, 2.45) is 11.3 Å². The minimum atomic E-state index is -0.456. The average Bonchev–Trinajstić information content (AvgIpc) is 3.14. The maximum Gasteiger partial charge on any atom is 0.169 e. The fourth-order valence-electron chi connectivity index (χ4n) is 5.10. The molecule has 0 N–H and O–H groups in total. The van der Waals surface area contributed by atoms with E-state index in [1.807, 2.05) is 10.9 Å². The summed E-state index contributed by atoms with van der Waals surface area (Å²) in [6, 6.07) is 12.5. The Morgan fingerprint density at radius 2 is 1.90 bits per heavy atom. The number of aromatic nitrogens is 2. The molecule has 2 aromatic carbocycles. The summed E-state index contributed by atoms with van der Waals surface area (Å²) < 4.78 is 29.5. The highest BCUT2D eigenvalue weighted by atomic mass is 19.1. The topological polar surface area (TPSA) is 34.9 Å². The van der Waals surface area contributed by atoms with E-state index in [0.29, 0.717) is 6.42 Å². The number of Topliss-reactive ketones (excluding diaryl/α,β-unsaturated/α-hetero) is 1. The highest BCUT2D eigenvalue weighted by Gasteiger charge is 2.47. The van der Waals surface area contributed by atoms with Crippen LogP contribution in [0.15, 0.2) is 60.3 Å². The molecule has 5 heteroatoms. The van der Waals surface area contributed by atoms with Crippen LogP contribution in [0.4, 0.5) is 8.78 Å². The summed E-state index contributed by atoms with van der Waals surface area (Å²) >= 11 is 0. The Bertz CT molecular complexity index is 1160. The molecule has 3 aromatic rings. The minimum absolute atomic E-state index is 0.115. The van der Waals surface area contributed by atoms with Crippen molar-refractivity contribution in [3.05, 3.63) is 88.8 Å². The average molecular weight is 404 g/mol. The monoisotopic (exact) mass is 404 g/mol. The number of rotatable bonds is 3. The first-order valence-corrected chi connectivity index (χ1v) is 10.3. The van der Waals surface area contributed by atoms with Crippen LogP contribution in [0.5, 0.6) is 0 Å². The summed E-state index contributed by atoms with van der Waals surface area (Å²) in [4.78, 5) is 13.3. The van der Waals surface area contributed by atoms with Gasteiger partial charge in [-0.3, -0.25) is 4.79 Å². The van der Waals surface area contributed by atoms with Gasteiger partial charge in [-0.2, -0.15) is 5.10 Å². The molecule has 3 nitrogen and oxygen atoms in total. The highest BCUT2D eigenvalue weighted by Crippen LogP contribution is 2.52. The second-order valence-electron chi connectivity index (χ2n) is 8.50. The van der Waals surface area contributed by atoms with Crippen LogP contribution in [0.2, 0.25) is 0 Å². The highest BCUT2D eigenvalue weighted by molar-refractivity contribution is 5.99. The number of carbonyl (C=O) groups excluding carboxylic acids is 1. The van der Waals surface area contributed by atoms with Crippen LogP contribution in [-0.4, -0.2) is 15.6 Å². The van der Waals surface area contributed by atoms with Gasteiger partial charge in [0, 0.05) is 11.3 Å². The molecule has 1 fully saturated rings. The van der Waals surface area contributed by atoms with Gasteiger partial charge in [-0.1, -0.05) is 24.6 Å². The van der Waals surface area contributed by atoms with Crippen molar-refractivity contribution in [3.63, 3.8) is 0 Å². The SMILES string of the molecule is C[C@]12Cc3cnn(-c4ccc(F)cc4)c3C=C1CCC[C@@H]2C(=O)c1ccccc1F. The molecule has 0 aliphatic heterocycles. The summed E-state index contributed by atoms with van der Waals surface area (Å²) in [5, 5.41) is 4.53. The number of ketones is 1. The third-order valence-corrected chi connectivity index (χ3v) is 6.72. The Morgan fingerprint density at radius 1 is 1.13 bits per heavy atom. The van der Waals surface area contributed by atoms with Gasteiger partial charge in [-0.15, -0.1) is 0 Å². The maximum atomic E-state index is 14.3. The molecule has 5 rings (SSSR count). The summed E-state index contributed by atoms with van der Waals surface area (Å²) in [6.07, 6.45) is 7.20. The molecule has 0 saturated heterocycles. The lowest BCUT2D eigenvalue weighted by Crippen LogP contribution is -2.41. The van der Waals surface area contributed by atoms with Gasteiger partial charge in [0.1, 0.15) is 11.6 Å². The predicted octanol–water partition coefficient (Wildman–Crippen LogP) is 5.78. The van der Waals surface area contributed by atoms with Gasteiger partial charge < -0.3 is 0 Å². The third kappa shape index (κ3) is 2.92. The fraction of sp³-hybridized carbons (Fsp3) is 0.280. The molecule has 1 saturated carbocycles. The van der Waals surface area contributed by atoms with E-state index in [1.165, 1.54) is 23.8 Å². The molecule has 2 aliphatic carbocycles. The Hall–Kier alpha value is -3.08. The van der Waals surface area contributed by atoms with Crippen LogP contribution >= 0.6 is 0 Å². The maximum absolute atomic E-state index is 14.3. The first-order valence-electron chi connectivity index (χ1n) is 10.3. The van der Waals surface area contributed by atoms with Crippen molar-refractivity contribution in [1.29, 1.82) is 0 Å². The van der Waals surface area contributed by atoms with Gasteiger partial charge in [0.25, 0.3) is 0 Å². The van der Waals surface area contributed by atoms with E-state index in [4.69, 9.17) is 0 Å². The zero-order valence-corrected chi connectivity index (χ0v) is 16.7. The van der Waals surface area contributed by atoms with Crippen LogP contribution in [0.1, 0.15) is 47.8 Å². The lowest BCUT2D eigenvalue weighted by Gasteiger charge is -2.45. The number of fused-ring (bicyclic) bond motifs is 2. The van der Waals surface area contributed by atoms with Gasteiger partial charge >= 0.3 is 0 Å². The second kappa shape index (κ2) is 7.01. The van der Waals surface area contributed by atoms with Crippen molar-refractivity contribution >= 4 is 11.9 Å². The number of allylic oxidation sites excluding steroid dienone is 1. The minimum Gasteiger partial charge on any atom is -0.294 e.